The molecule has 0 aromatic carbocycles. The van der Waals surface area contributed by atoms with Gasteiger partial charge in [-0.2, -0.15) is 5.26 Å². The molecule has 2 heteroatoms. The SMILES string of the molecule is N#CNC1CC1. The zero-order valence-electron chi connectivity index (χ0n) is 3.44. The van der Waals surface area contributed by atoms with E-state index in [2.05, 4.69) is 5.32 Å². The van der Waals surface area contributed by atoms with Gasteiger partial charge in [0.15, 0.2) is 6.19 Å². The second-order valence-electron chi connectivity index (χ2n) is 1.53. The van der Waals surface area contributed by atoms with Gasteiger partial charge in [-0.25, -0.2) is 0 Å². The summed E-state index contributed by atoms with van der Waals surface area (Å²) >= 11 is 0. The first-order valence-corrected chi connectivity index (χ1v) is 2.08. The maximum absolute atomic E-state index is 7.92. The topological polar surface area (TPSA) is 35.8 Å². The lowest BCUT2D eigenvalue weighted by Crippen LogP contribution is -2.05. The second-order valence-corrected chi connectivity index (χ2v) is 1.53. The van der Waals surface area contributed by atoms with Crippen molar-refractivity contribution in [2.24, 2.45) is 0 Å². The standard InChI is InChI=1S/C4H6N2/c5-3-6-4-1-2-4/h4,6H,1-2H2. The maximum Gasteiger partial charge on any atom is 0.176 e. The summed E-state index contributed by atoms with van der Waals surface area (Å²) in [6, 6.07) is 0.537. The van der Waals surface area contributed by atoms with Crippen molar-refractivity contribution in [3.8, 4) is 6.19 Å². The minimum absolute atomic E-state index is 0.537. The van der Waals surface area contributed by atoms with Gasteiger partial charge in [-0.15, -0.1) is 0 Å². The normalized spacial score (nSPS) is 19.2. The Morgan fingerprint density at radius 2 is 2.33 bits per heavy atom. The van der Waals surface area contributed by atoms with Gasteiger partial charge in [0, 0.05) is 6.04 Å². The number of nitrogens with one attached hydrogen (secondary N) is 1. The monoisotopic (exact) mass is 82.1 g/mol. The van der Waals surface area contributed by atoms with E-state index < -0.39 is 0 Å². The van der Waals surface area contributed by atoms with Crippen molar-refractivity contribution < 1.29 is 0 Å². The zero-order chi connectivity index (χ0) is 4.41. The van der Waals surface area contributed by atoms with E-state index in [1.165, 1.54) is 12.8 Å². The fourth-order valence-corrected chi connectivity index (χ4v) is 0.319. The fourth-order valence-electron chi connectivity index (χ4n) is 0.319. The highest BCUT2D eigenvalue weighted by atomic mass is 14.9. The van der Waals surface area contributed by atoms with Crippen molar-refractivity contribution in [2.75, 3.05) is 0 Å². The Kier molecular flexibility index (Phi) is 0.681. The number of rotatable bonds is 1. The summed E-state index contributed by atoms with van der Waals surface area (Å²) in [6.07, 6.45) is 4.26. The molecule has 0 aromatic rings. The van der Waals surface area contributed by atoms with Crippen LogP contribution in [0.4, 0.5) is 0 Å². The number of nitriles is 1. The molecule has 1 aliphatic carbocycles. The van der Waals surface area contributed by atoms with Gasteiger partial charge in [-0.3, -0.25) is 0 Å². The molecule has 0 aromatic heterocycles. The molecule has 0 spiro atoms. The van der Waals surface area contributed by atoms with Crippen LogP contribution in [0.1, 0.15) is 12.8 Å². The van der Waals surface area contributed by atoms with Crippen molar-refractivity contribution in [3.63, 3.8) is 0 Å². The summed E-state index contributed by atoms with van der Waals surface area (Å²) in [7, 11) is 0. The van der Waals surface area contributed by atoms with Crippen LogP contribution >= 0.6 is 0 Å². The Morgan fingerprint density at radius 1 is 1.67 bits per heavy atom. The average Bonchev–Trinajstić information content (AvgIpc) is 2.21. The highest BCUT2D eigenvalue weighted by molar-refractivity contribution is 4.86. The summed E-state index contributed by atoms with van der Waals surface area (Å²) in [4.78, 5) is 0. The minimum Gasteiger partial charge on any atom is -0.321 e. The molecule has 2 nitrogen and oxygen atoms in total. The third-order valence-corrected chi connectivity index (χ3v) is 0.846. The molecule has 0 unspecified atom stereocenters. The van der Waals surface area contributed by atoms with E-state index >= 15 is 0 Å². The first-order chi connectivity index (χ1) is 2.93. The third kappa shape index (κ3) is 0.617. The Balaban J connectivity index is 2.05. The van der Waals surface area contributed by atoms with Crippen LogP contribution in [0.2, 0.25) is 0 Å². The lowest BCUT2D eigenvalue weighted by atomic mass is 10.7. The number of hydrogen-bond acceptors (Lipinski definition) is 2. The van der Waals surface area contributed by atoms with Gasteiger partial charge in [0.25, 0.3) is 0 Å². The van der Waals surface area contributed by atoms with E-state index in [4.69, 9.17) is 5.26 Å². The van der Waals surface area contributed by atoms with E-state index in [9.17, 15) is 0 Å². The van der Waals surface area contributed by atoms with Crippen LogP contribution in [0.25, 0.3) is 0 Å². The van der Waals surface area contributed by atoms with Crippen LogP contribution in [0, 0.1) is 11.5 Å². The lowest BCUT2D eigenvalue weighted by molar-refractivity contribution is 0.877. The second kappa shape index (κ2) is 1.17. The highest BCUT2D eigenvalue weighted by Gasteiger charge is 2.19. The van der Waals surface area contributed by atoms with Gasteiger partial charge in [0.1, 0.15) is 0 Å². The Bertz CT molecular complexity index is 78.0. The molecule has 1 saturated carbocycles. The van der Waals surface area contributed by atoms with E-state index in [-0.39, 0.29) is 0 Å². The molecule has 1 rings (SSSR count). The van der Waals surface area contributed by atoms with Gasteiger partial charge in [-0.05, 0) is 12.8 Å². The predicted octanol–water partition coefficient (Wildman–Crippen LogP) is 0.219. The van der Waals surface area contributed by atoms with Gasteiger partial charge >= 0.3 is 0 Å². The third-order valence-electron chi connectivity index (χ3n) is 0.846. The van der Waals surface area contributed by atoms with Crippen LogP contribution in [-0.2, 0) is 0 Å². The van der Waals surface area contributed by atoms with E-state index in [1.54, 1.807) is 0 Å². The molecule has 0 atom stereocenters. The molecule has 0 heterocycles. The lowest BCUT2D eigenvalue weighted by Gasteiger charge is -1.79. The van der Waals surface area contributed by atoms with Crippen molar-refractivity contribution in [2.45, 2.75) is 18.9 Å². The van der Waals surface area contributed by atoms with Crippen LogP contribution in [-0.4, -0.2) is 6.04 Å². The van der Waals surface area contributed by atoms with E-state index in [0.717, 1.165) is 0 Å². The molecule has 32 valence electrons. The summed E-state index contributed by atoms with van der Waals surface area (Å²) in [6.45, 7) is 0. The molecule has 1 aliphatic rings. The molecule has 0 saturated heterocycles. The molecule has 6 heavy (non-hydrogen) atoms. The van der Waals surface area contributed by atoms with Gasteiger partial charge in [-0.1, -0.05) is 0 Å². The summed E-state index contributed by atoms with van der Waals surface area (Å²) < 4.78 is 0. The highest BCUT2D eigenvalue weighted by Crippen LogP contribution is 2.17. The number of hydrogen-bond donors (Lipinski definition) is 1. The molecule has 1 fully saturated rings. The fraction of sp³-hybridized carbons (Fsp3) is 0.750. The van der Waals surface area contributed by atoms with Crippen molar-refractivity contribution in [1.29, 1.82) is 5.26 Å². The van der Waals surface area contributed by atoms with E-state index in [0.29, 0.717) is 6.04 Å². The molecule has 0 amide bonds. The molecular formula is C4H6N2. The zero-order valence-corrected chi connectivity index (χ0v) is 3.44. The van der Waals surface area contributed by atoms with E-state index in [1.807, 2.05) is 6.19 Å². The Hall–Kier alpha value is -0.710. The molecule has 0 bridgehead atoms. The van der Waals surface area contributed by atoms with Gasteiger partial charge in [0.2, 0.25) is 0 Å². The smallest absolute Gasteiger partial charge is 0.176 e. The molecular weight excluding hydrogens is 76.1 g/mol. The summed E-state index contributed by atoms with van der Waals surface area (Å²) in [5, 5.41) is 10.5. The molecule has 0 aliphatic heterocycles. The van der Waals surface area contributed by atoms with Crippen molar-refractivity contribution in [1.82, 2.24) is 5.32 Å². The minimum atomic E-state index is 0.537. The predicted molar refractivity (Wildman–Crippen MR) is 21.8 cm³/mol. The summed E-state index contributed by atoms with van der Waals surface area (Å²) in [5.41, 5.74) is 0. The number of nitrogens with zero attached hydrogens (tertiary/aromatic N) is 1. The largest absolute Gasteiger partial charge is 0.321 e. The maximum atomic E-state index is 7.92. The van der Waals surface area contributed by atoms with Crippen LogP contribution < -0.4 is 5.32 Å². The summed E-state index contributed by atoms with van der Waals surface area (Å²) in [5.74, 6) is 0. The molecule has 1 N–H and O–H groups in total. The Morgan fingerprint density at radius 3 is 2.50 bits per heavy atom. The van der Waals surface area contributed by atoms with Crippen molar-refractivity contribution >= 4 is 0 Å². The Labute approximate surface area is 36.8 Å². The first kappa shape index (κ1) is 3.48. The van der Waals surface area contributed by atoms with Crippen LogP contribution in [0.5, 0.6) is 0 Å². The van der Waals surface area contributed by atoms with Gasteiger partial charge in [0.05, 0.1) is 0 Å². The van der Waals surface area contributed by atoms with Crippen LogP contribution in [0.15, 0.2) is 0 Å². The molecule has 0 radical (unpaired) electrons. The average molecular weight is 82.1 g/mol. The quantitative estimate of drug-likeness (QED) is 0.363. The van der Waals surface area contributed by atoms with Gasteiger partial charge < -0.3 is 5.32 Å². The van der Waals surface area contributed by atoms with Crippen molar-refractivity contribution in [3.05, 3.63) is 0 Å². The first-order valence-electron chi connectivity index (χ1n) is 2.08. The van der Waals surface area contributed by atoms with Crippen LogP contribution in [0.3, 0.4) is 0 Å².